The minimum atomic E-state index is -4.13. The average molecular weight is 245 g/mol. The van der Waals surface area contributed by atoms with Crippen molar-refractivity contribution in [2.24, 2.45) is 0 Å². The average Bonchev–Trinajstić information content (AvgIpc) is 2.18. The van der Waals surface area contributed by atoms with E-state index in [4.69, 9.17) is 10.3 Å². The molecule has 0 saturated heterocycles. The Kier molecular flexibility index (Phi) is 3.51. The van der Waals surface area contributed by atoms with Gasteiger partial charge in [0.25, 0.3) is 10.1 Å². The van der Waals surface area contributed by atoms with Crippen LogP contribution in [0.15, 0.2) is 18.2 Å². The Hall–Kier alpha value is -1.60. The number of carbonyl (C=O) groups excluding carboxylic acids is 1. The molecule has 7 heteroatoms. The molecule has 0 radical (unpaired) electrons. The molecule has 16 heavy (non-hydrogen) atoms. The number of nitrogens with two attached hydrogens (primary N) is 1. The summed E-state index contributed by atoms with van der Waals surface area (Å²) in [6.45, 7) is 0. The molecule has 0 aliphatic rings. The van der Waals surface area contributed by atoms with E-state index in [9.17, 15) is 13.2 Å². The molecule has 0 atom stereocenters. The van der Waals surface area contributed by atoms with Crippen LogP contribution in [0.4, 0.5) is 5.69 Å². The molecule has 0 heterocycles. The largest absolute Gasteiger partial charge is 0.465 e. The maximum atomic E-state index is 11.1. The second kappa shape index (κ2) is 4.50. The van der Waals surface area contributed by atoms with E-state index in [1.54, 1.807) is 0 Å². The minimum absolute atomic E-state index is 0.112. The molecule has 0 unspecified atom stereocenters. The van der Waals surface area contributed by atoms with Gasteiger partial charge in [0, 0.05) is 5.69 Å². The molecule has 88 valence electrons. The highest BCUT2D eigenvalue weighted by atomic mass is 32.2. The van der Waals surface area contributed by atoms with Gasteiger partial charge in [-0.2, -0.15) is 8.42 Å². The number of nitrogen functional groups attached to an aromatic ring is 1. The third-order valence-corrected chi connectivity index (χ3v) is 2.58. The number of ether oxygens (including phenoxy) is 1. The molecule has 1 rings (SSSR count). The van der Waals surface area contributed by atoms with Crippen molar-refractivity contribution in [2.45, 2.75) is 5.75 Å². The van der Waals surface area contributed by atoms with E-state index in [0.29, 0.717) is 0 Å². The van der Waals surface area contributed by atoms with Gasteiger partial charge in [0.2, 0.25) is 0 Å². The molecule has 0 amide bonds. The van der Waals surface area contributed by atoms with E-state index in [1.165, 1.54) is 25.3 Å². The SMILES string of the molecule is COC(=O)c1ccc(CS(=O)(=O)O)c(N)c1. The highest BCUT2D eigenvalue weighted by molar-refractivity contribution is 7.85. The van der Waals surface area contributed by atoms with Crippen LogP contribution in [0.2, 0.25) is 0 Å². The Bertz CT molecular complexity index is 509. The highest BCUT2D eigenvalue weighted by Gasteiger charge is 2.12. The molecule has 0 aliphatic carbocycles. The Morgan fingerprint density at radius 2 is 2.12 bits per heavy atom. The van der Waals surface area contributed by atoms with Crippen LogP contribution in [-0.2, 0) is 20.6 Å². The summed E-state index contributed by atoms with van der Waals surface area (Å²) in [6, 6.07) is 4.03. The Morgan fingerprint density at radius 3 is 2.56 bits per heavy atom. The van der Waals surface area contributed by atoms with Crippen LogP contribution in [-0.4, -0.2) is 26.0 Å². The molecule has 1 aromatic carbocycles. The maximum absolute atomic E-state index is 11.1. The van der Waals surface area contributed by atoms with Crippen LogP contribution in [0, 0.1) is 0 Å². The van der Waals surface area contributed by atoms with Gasteiger partial charge in [-0.1, -0.05) is 6.07 Å². The lowest BCUT2D eigenvalue weighted by Gasteiger charge is -2.05. The van der Waals surface area contributed by atoms with Gasteiger partial charge in [-0.3, -0.25) is 4.55 Å². The van der Waals surface area contributed by atoms with Crippen molar-refractivity contribution < 1.29 is 22.5 Å². The van der Waals surface area contributed by atoms with Gasteiger partial charge in [-0.25, -0.2) is 4.79 Å². The topological polar surface area (TPSA) is 107 Å². The predicted octanol–water partition coefficient (Wildman–Crippen LogP) is 0.443. The van der Waals surface area contributed by atoms with Crippen molar-refractivity contribution >= 4 is 21.8 Å². The normalized spacial score (nSPS) is 11.1. The molecule has 1 aromatic rings. The number of benzene rings is 1. The minimum Gasteiger partial charge on any atom is -0.465 e. The summed E-state index contributed by atoms with van der Waals surface area (Å²) in [7, 11) is -2.91. The van der Waals surface area contributed by atoms with Crippen molar-refractivity contribution in [3.63, 3.8) is 0 Å². The van der Waals surface area contributed by atoms with Gasteiger partial charge in [0.15, 0.2) is 0 Å². The number of methoxy groups -OCH3 is 1. The number of esters is 1. The zero-order chi connectivity index (χ0) is 12.3. The lowest BCUT2D eigenvalue weighted by molar-refractivity contribution is 0.0601. The third kappa shape index (κ3) is 3.21. The van der Waals surface area contributed by atoms with Gasteiger partial charge < -0.3 is 10.5 Å². The molecule has 6 nitrogen and oxygen atoms in total. The van der Waals surface area contributed by atoms with Crippen LogP contribution < -0.4 is 5.73 Å². The van der Waals surface area contributed by atoms with Crippen LogP contribution in [0.25, 0.3) is 0 Å². The first-order chi connectivity index (χ1) is 7.33. The van der Waals surface area contributed by atoms with E-state index in [0.717, 1.165) is 0 Å². The Labute approximate surface area is 92.8 Å². The van der Waals surface area contributed by atoms with Crippen LogP contribution in [0.5, 0.6) is 0 Å². The first-order valence-corrected chi connectivity index (χ1v) is 5.86. The Balaban J connectivity index is 3.05. The zero-order valence-electron chi connectivity index (χ0n) is 8.50. The summed E-state index contributed by atoms with van der Waals surface area (Å²) < 4.78 is 34.4. The second-order valence-electron chi connectivity index (χ2n) is 3.13. The number of hydrogen-bond acceptors (Lipinski definition) is 5. The fourth-order valence-electron chi connectivity index (χ4n) is 1.17. The molecule has 0 aromatic heterocycles. The monoisotopic (exact) mass is 245 g/mol. The van der Waals surface area contributed by atoms with Crippen LogP contribution in [0.1, 0.15) is 15.9 Å². The predicted molar refractivity (Wildman–Crippen MR) is 57.4 cm³/mol. The number of hydrogen-bond donors (Lipinski definition) is 2. The van der Waals surface area contributed by atoms with E-state index < -0.39 is 21.8 Å². The number of rotatable bonds is 3. The molecular weight excluding hydrogens is 234 g/mol. The van der Waals surface area contributed by atoms with E-state index in [-0.39, 0.29) is 16.8 Å². The van der Waals surface area contributed by atoms with Gasteiger partial charge in [-0.15, -0.1) is 0 Å². The van der Waals surface area contributed by atoms with E-state index in [2.05, 4.69) is 4.74 Å². The smallest absolute Gasteiger partial charge is 0.337 e. The van der Waals surface area contributed by atoms with Gasteiger partial charge >= 0.3 is 5.97 Å². The first-order valence-electron chi connectivity index (χ1n) is 4.25. The summed E-state index contributed by atoms with van der Waals surface area (Å²) >= 11 is 0. The van der Waals surface area contributed by atoms with E-state index in [1.807, 2.05) is 0 Å². The summed E-state index contributed by atoms with van der Waals surface area (Å²) in [5.74, 6) is -1.15. The Morgan fingerprint density at radius 1 is 1.50 bits per heavy atom. The fourth-order valence-corrected chi connectivity index (χ4v) is 1.82. The van der Waals surface area contributed by atoms with Crippen LogP contribution >= 0.6 is 0 Å². The number of anilines is 1. The second-order valence-corrected chi connectivity index (χ2v) is 4.58. The van der Waals surface area contributed by atoms with Crippen molar-refractivity contribution in [3.8, 4) is 0 Å². The zero-order valence-corrected chi connectivity index (χ0v) is 9.32. The van der Waals surface area contributed by atoms with Crippen molar-refractivity contribution in [1.82, 2.24) is 0 Å². The van der Waals surface area contributed by atoms with Crippen LogP contribution in [0.3, 0.4) is 0 Å². The summed E-state index contributed by atoms with van der Waals surface area (Å²) in [5, 5.41) is 0. The first kappa shape index (κ1) is 12.5. The van der Waals surface area contributed by atoms with Crippen molar-refractivity contribution in [3.05, 3.63) is 29.3 Å². The molecule has 3 N–H and O–H groups in total. The van der Waals surface area contributed by atoms with Gasteiger partial charge in [-0.05, 0) is 17.7 Å². The quantitative estimate of drug-likeness (QED) is 0.454. The van der Waals surface area contributed by atoms with Gasteiger partial charge in [0.05, 0.1) is 12.7 Å². The van der Waals surface area contributed by atoms with Crippen molar-refractivity contribution in [2.75, 3.05) is 12.8 Å². The lowest BCUT2D eigenvalue weighted by Crippen LogP contribution is -2.07. The lowest BCUT2D eigenvalue weighted by atomic mass is 10.1. The van der Waals surface area contributed by atoms with E-state index >= 15 is 0 Å². The molecule has 0 saturated carbocycles. The molecule has 0 fully saturated rings. The standard InChI is InChI=1S/C9H11NO5S/c1-15-9(11)6-2-3-7(8(10)4-6)5-16(12,13)14/h2-4H,5,10H2,1H3,(H,12,13,14). The molecule has 0 aliphatic heterocycles. The maximum Gasteiger partial charge on any atom is 0.337 e. The molecular formula is C9H11NO5S. The summed E-state index contributed by atoms with van der Waals surface area (Å²) in [5.41, 5.74) is 6.10. The van der Waals surface area contributed by atoms with Crippen molar-refractivity contribution in [1.29, 1.82) is 0 Å². The summed E-state index contributed by atoms with van der Waals surface area (Å²) in [4.78, 5) is 11.1. The molecule has 0 spiro atoms. The third-order valence-electron chi connectivity index (χ3n) is 1.90. The number of carbonyl (C=O) groups is 1. The molecule has 0 bridgehead atoms. The highest BCUT2D eigenvalue weighted by Crippen LogP contribution is 2.17. The van der Waals surface area contributed by atoms with Gasteiger partial charge in [0.1, 0.15) is 5.75 Å². The fraction of sp³-hybridized carbons (Fsp3) is 0.222. The summed E-state index contributed by atoms with van der Waals surface area (Å²) in [6.07, 6.45) is 0.